The molecule has 6 heteroatoms. The van der Waals surface area contributed by atoms with E-state index in [2.05, 4.69) is 4.90 Å². The number of carbonyl (C=O) groups is 1. The zero-order chi connectivity index (χ0) is 16.8. The van der Waals surface area contributed by atoms with Gasteiger partial charge in [-0.25, -0.2) is 0 Å². The Bertz CT molecular complexity index is 583. The fraction of sp³-hybridized carbons (Fsp3) is 0.471. The molecule has 1 aromatic rings. The molecule has 0 amide bonds. The minimum Gasteiger partial charge on any atom is -0.497 e. The summed E-state index contributed by atoms with van der Waals surface area (Å²) in [6.07, 6.45) is 4.10. The zero-order valence-corrected chi connectivity index (χ0v) is 13.5. The maximum atomic E-state index is 12.2. The molecule has 0 N–H and O–H groups in total. The molecule has 0 bridgehead atoms. The Morgan fingerprint density at radius 3 is 2.74 bits per heavy atom. The molecule has 1 aliphatic heterocycles. The number of Topliss-reactive ketones (excluding diaryl/α,β-unsaturated/α-hetero) is 1. The Morgan fingerprint density at radius 2 is 2.13 bits per heavy atom. The summed E-state index contributed by atoms with van der Waals surface area (Å²) in [6.45, 7) is 1.07. The van der Waals surface area contributed by atoms with Crippen molar-refractivity contribution in [1.82, 2.24) is 4.90 Å². The quantitative estimate of drug-likeness (QED) is 0.593. The number of nitro groups is 1. The van der Waals surface area contributed by atoms with Gasteiger partial charge in [0.2, 0.25) is 6.54 Å². The van der Waals surface area contributed by atoms with Crippen molar-refractivity contribution in [3.63, 3.8) is 0 Å². The lowest BCUT2D eigenvalue weighted by Gasteiger charge is -2.31. The van der Waals surface area contributed by atoms with Crippen LogP contribution in [-0.2, 0) is 4.79 Å². The van der Waals surface area contributed by atoms with Crippen molar-refractivity contribution in [2.75, 3.05) is 33.8 Å². The van der Waals surface area contributed by atoms with Crippen molar-refractivity contribution in [1.29, 1.82) is 0 Å². The Morgan fingerprint density at radius 1 is 1.43 bits per heavy atom. The number of ketones is 1. The van der Waals surface area contributed by atoms with Crippen molar-refractivity contribution in [2.24, 2.45) is 11.8 Å². The van der Waals surface area contributed by atoms with E-state index in [0.717, 1.165) is 17.9 Å². The number of rotatable bonds is 6. The van der Waals surface area contributed by atoms with Crippen molar-refractivity contribution in [3.8, 4) is 5.75 Å². The molecule has 2 atom stereocenters. The maximum Gasteiger partial charge on any atom is 0.210 e. The highest BCUT2D eigenvalue weighted by Crippen LogP contribution is 2.23. The van der Waals surface area contributed by atoms with E-state index >= 15 is 0 Å². The van der Waals surface area contributed by atoms with Crippen molar-refractivity contribution in [2.45, 2.75) is 6.42 Å². The van der Waals surface area contributed by atoms with Gasteiger partial charge in [-0.1, -0.05) is 24.3 Å². The highest BCUT2D eigenvalue weighted by atomic mass is 16.6. The van der Waals surface area contributed by atoms with Gasteiger partial charge in [0.15, 0.2) is 0 Å². The van der Waals surface area contributed by atoms with Crippen LogP contribution in [0.2, 0.25) is 0 Å². The fourth-order valence-electron chi connectivity index (χ4n) is 2.83. The third-order valence-electron chi connectivity index (χ3n) is 4.19. The van der Waals surface area contributed by atoms with Crippen LogP contribution >= 0.6 is 0 Å². The van der Waals surface area contributed by atoms with Crippen LogP contribution in [0.5, 0.6) is 5.75 Å². The van der Waals surface area contributed by atoms with Crippen LogP contribution in [-0.4, -0.2) is 49.4 Å². The van der Waals surface area contributed by atoms with Gasteiger partial charge in [0.1, 0.15) is 11.5 Å². The third kappa shape index (κ3) is 4.89. The molecule has 124 valence electrons. The molecule has 23 heavy (non-hydrogen) atoms. The molecule has 1 aromatic carbocycles. The lowest BCUT2D eigenvalue weighted by molar-refractivity contribution is -0.487. The Kier molecular flexibility index (Phi) is 5.87. The van der Waals surface area contributed by atoms with Crippen LogP contribution in [0, 0.1) is 22.0 Å². The largest absolute Gasteiger partial charge is 0.497 e. The van der Waals surface area contributed by atoms with E-state index < -0.39 is 0 Å². The number of carbonyl (C=O) groups excluding carboxylic acids is 1. The van der Waals surface area contributed by atoms with Gasteiger partial charge in [0.25, 0.3) is 0 Å². The lowest BCUT2D eigenvalue weighted by Crippen LogP contribution is -2.43. The first-order valence-corrected chi connectivity index (χ1v) is 7.65. The van der Waals surface area contributed by atoms with Crippen LogP contribution in [0.25, 0.3) is 6.08 Å². The van der Waals surface area contributed by atoms with Gasteiger partial charge in [-0.15, -0.1) is 0 Å². The predicted molar refractivity (Wildman–Crippen MR) is 88.0 cm³/mol. The number of likely N-dealkylation sites (tertiary alicyclic amines) is 1. The van der Waals surface area contributed by atoms with Crippen molar-refractivity contribution in [3.05, 3.63) is 46.0 Å². The van der Waals surface area contributed by atoms with Gasteiger partial charge in [-0.3, -0.25) is 14.9 Å². The van der Waals surface area contributed by atoms with E-state index in [1.54, 1.807) is 13.2 Å². The minimum absolute atomic E-state index is 0.120. The fourth-order valence-corrected chi connectivity index (χ4v) is 2.83. The number of hydrogen-bond donors (Lipinski definition) is 0. The molecule has 6 nitrogen and oxygen atoms in total. The molecular formula is C17H22N2O4. The maximum absolute atomic E-state index is 12.2. The summed E-state index contributed by atoms with van der Waals surface area (Å²) in [5, 5.41) is 11.0. The second kappa shape index (κ2) is 7.87. The number of ether oxygens (including phenoxy) is 1. The van der Waals surface area contributed by atoms with Crippen molar-refractivity contribution < 1.29 is 14.5 Å². The van der Waals surface area contributed by atoms with Crippen LogP contribution in [0.15, 0.2) is 30.3 Å². The molecule has 1 aliphatic rings. The Balaban J connectivity index is 2.15. The summed E-state index contributed by atoms with van der Waals surface area (Å²) in [5.74, 6) is 0.179. The molecule has 1 heterocycles. The SMILES string of the molecule is COc1ccc(/C=C/[C@H](C[N+](=O)[O-])[C@@H]2CN(C)CCC2=O)cc1. The van der Waals surface area contributed by atoms with E-state index in [0.29, 0.717) is 13.0 Å². The Labute approximate surface area is 135 Å². The van der Waals surface area contributed by atoms with Gasteiger partial charge < -0.3 is 9.64 Å². The number of methoxy groups -OCH3 is 1. The van der Waals surface area contributed by atoms with E-state index in [9.17, 15) is 14.9 Å². The van der Waals surface area contributed by atoms with Gasteiger partial charge in [0.05, 0.1) is 13.0 Å². The van der Waals surface area contributed by atoms with Gasteiger partial charge >= 0.3 is 0 Å². The van der Waals surface area contributed by atoms with E-state index in [1.807, 2.05) is 37.4 Å². The average Bonchev–Trinajstić information content (AvgIpc) is 2.54. The smallest absolute Gasteiger partial charge is 0.210 e. The summed E-state index contributed by atoms with van der Waals surface area (Å²) >= 11 is 0. The van der Waals surface area contributed by atoms with Crippen molar-refractivity contribution >= 4 is 11.9 Å². The number of benzene rings is 1. The van der Waals surface area contributed by atoms with Crippen LogP contribution in [0.4, 0.5) is 0 Å². The molecule has 0 radical (unpaired) electrons. The highest BCUT2D eigenvalue weighted by Gasteiger charge is 2.33. The summed E-state index contributed by atoms with van der Waals surface area (Å²) in [4.78, 5) is 24.8. The zero-order valence-electron chi connectivity index (χ0n) is 13.5. The second-order valence-electron chi connectivity index (χ2n) is 5.90. The van der Waals surface area contributed by atoms with Gasteiger partial charge in [0, 0.05) is 30.4 Å². The number of piperidine rings is 1. The lowest BCUT2D eigenvalue weighted by atomic mass is 9.84. The Hall–Kier alpha value is -2.21. The topological polar surface area (TPSA) is 72.7 Å². The first-order valence-electron chi connectivity index (χ1n) is 7.65. The normalized spacial score (nSPS) is 20.6. The minimum atomic E-state index is -0.387. The first kappa shape index (κ1) is 17.1. The molecule has 1 saturated heterocycles. The van der Waals surface area contributed by atoms with E-state index in [4.69, 9.17) is 4.74 Å². The number of nitrogens with zero attached hydrogens (tertiary/aromatic N) is 2. The van der Waals surface area contributed by atoms with Crippen LogP contribution in [0.3, 0.4) is 0 Å². The summed E-state index contributed by atoms with van der Waals surface area (Å²) in [6, 6.07) is 7.43. The standard InChI is InChI=1S/C17H22N2O4/c1-18-10-9-17(20)16(12-18)14(11-19(21)22)6-3-13-4-7-15(23-2)8-5-13/h3-8,14,16H,9-12H2,1-2H3/b6-3+/t14-,16+/m1/s1. The molecule has 0 aromatic heterocycles. The third-order valence-corrected chi connectivity index (χ3v) is 4.19. The molecule has 0 aliphatic carbocycles. The summed E-state index contributed by atoms with van der Waals surface area (Å²) in [5.41, 5.74) is 0.927. The molecular weight excluding hydrogens is 296 g/mol. The molecule has 0 spiro atoms. The monoisotopic (exact) mass is 318 g/mol. The predicted octanol–water partition coefficient (Wildman–Crippen LogP) is 2.12. The number of hydrogen-bond acceptors (Lipinski definition) is 5. The molecule has 0 saturated carbocycles. The summed E-state index contributed by atoms with van der Waals surface area (Å²) in [7, 11) is 3.54. The summed E-state index contributed by atoms with van der Waals surface area (Å²) < 4.78 is 5.10. The average molecular weight is 318 g/mol. The first-order chi connectivity index (χ1) is 11.0. The van der Waals surface area contributed by atoms with Gasteiger partial charge in [-0.2, -0.15) is 0 Å². The van der Waals surface area contributed by atoms with E-state index in [-0.39, 0.29) is 29.1 Å². The molecule has 1 fully saturated rings. The molecule has 0 unspecified atom stereocenters. The van der Waals surface area contributed by atoms with Crippen LogP contribution < -0.4 is 4.74 Å². The highest BCUT2D eigenvalue weighted by molar-refractivity contribution is 5.82. The molecule has 2 rings (SSSR count). The van der Waals surface area contributed by atoms with E-state index in [1.165, 1.54) is 0 Å². The second-order valence-corrected chi connectivity index (χ2v) is 5.90. The van der Waals surface area contributed by atoms with Crippen LogP contribution in [0.1, 0.15) is 12.0 Å². The van der Waals surface area contributed by atoms with Gasteiger partial charge in [-0.05, 0) is 24.7 Å².